The standard InChI is InChI=1S/C15H15NO4/c1-9-5-12(14(17)16-8-9)6-10-3-4-11(15(18)19)7-13(10)20-2/h3-5,7-8H,6H2,1-2H3,(H,16,17)(H,18,19). The van der Waals surface area contributed by atoms with Gasteiger partial charge >= 0.3 is 5.97 Å². The number of H-pyrrole nitrogens is 1. The average Bonchev–Trinajstić information content (AvgIpc) is 2.43. The van der Waals surface area contributed by atoms with Gasteiger partial charge in [0.1, 0.15) is 5.75 Å². The first-order chi connectivity index (χ1) is 9.51. The normalized spacial score (nSPS) is 10.3. The summed E-state index contributed by atoms with van der Waals surface area (Å²) in [5.74, 6) is -0.547. The number of carboxylic acids is 1. The minimum absolute atomic E-state index is 0.153. The molecule has 0 fully saturated rings. The number of carboxylic acid groups (broad SMARTS) is 1. The lowest BCUT2D eigenvalue weighted by Crippen LogP contribution is -2.13. The summed E-state index contributed by atoms with van der Waals surface area (Å²) in [7, 11) is 1.48. The average molecular weight is 273 g/mol. The lowest BCUT2D eigenvalue weighted by Gasteiger charge is -2.09. The van der Waals surface area contributed by atoms with Crippen molar-refractivity contribution in [3.8, 4) is 5.75 Å². The number of aromatic nitrogens is 1. The number of aromatic amines is 1. The molecule has 1 aromatic heterocycles. The Bertz CT molecular complexity index is 703. The number of methoxy groups -OCH3 is 1. The number of nitrogens with one attached hydrogen (secondary N) is 1. The Kier molecular flexibility index (Phi) is 3.89. The van der Waals surface area contributed by atoms with E-state index in [1.807, 2.05) is 13.0 Å². The molecule has 0 saturated carbocycles. The van der Waals surface area contributed by atoms with Gasteiger partial charge in [0.2, 0.25) is 0 Å². The summed E-state index contributed by atoms with van der Waals surface area (Å²) in [4.78, 5) is 25.4. The van der Waals surface area contributed by atoms with Crippen molar-refractivity contribution >= 4 is 5.97 Å². The number of pyridine rings is 1. The topological polar surface area (TPSA) is 79.4 Å². The molecule has 2 rings (SSSR count). The summed E-state index contributed by atoms with van der Waals surface area (Å²) in [6.45, 7) is 1.89. The predicted octanol–water partition coefficient (Wildman–Crippen LogP) is 1.98. The first-order valence-electron chi connectivity index (χ1n) is 6.09. The molecule has 5 heteroatoms. The highest BCUT2D eigenvalue weighted by molar-refractivity contribution is 5.88. The maximum absolute atomic E-state index is 11.8. The molecule has 0 atom stereocenters. The summed E-state index contributed by atoms with van der Waals surface area (Å²) in [6, 6.07) is 6.44. The molecular formula is C15H15NO4. The van der Waals surface area contributed by atoms with Crippen LogP contribution in [-0.2, 0) is 6.42 Å². The van der Waals surface area contributed by atoms with Gasteiger partial charge < -0.3 is 14.8 Å². The Morgan fingerprint density at radius 1 is 1.30 bits per heavy atom. The number of ether oxygens (including phenoxy) is 1. The number of aryl methyl sites for hydroxylation is 1. The first kappa shape index (κ1) is 13.9. The third kappa shape index (κ3) is 2.88. The molecule has 0 unspecified atom stereocenters. The molecule has 20 heavy (non-hydrogen) atoms. The van der Waals surface area contributed by atoms with E-state index in [1.165, 1.54) is 19.2 Å². The zero-order valence-corrected chi connectivity index (χ0v) is 11.3. The van der Waals surface area contributed by atoms with Gasteiger partial charge in [-0.2, -0.15) is 0 Å². The van der Waals surface area contributed by atoms with Crippen LogP contribution in [-0.4, -0.2) is 23.2 Å². The number of hydrogen-bond acceptors (Lipinski definition) is 3. The van der Waals surface area contributed by atoms with Crippen molar-refractivity contribution in [3.05, 3.63) is 63.1 Å². The molecule has 1 aromatic carbocycles. The summed E-state index contributed by atoms with van der Waals surface area (Å²) in [5, 5.41) is 8.96. The second-order valence-corrected chi connectivity index (χ2v) is 4.54. The van der Waals surface area contributed by atoms with Crippen LogP contribution in [0.4, 0.5) is 0 Å². The van der Waals surface area contributed by atoms with Crippen molar-refractivity contribution in [3.63, 3.8) is 0 Å². The van der Waals surface area contributed by atoms with E-state index in [2.05, 4.69) is 4.98 Å². The van der Waals surface area contributed by atoms with Crippen molar-refractivity contribution in [1.82, 2.24) is 4.98 Å². The van der Waals surface area contributed by atoms with Gasteiger partial charge in [-0.1, -0.05) is 6.07 Å². The third-order valence-corrected chi connectivity index (χ3v) is 3.04. The molecular weight excluding hydrogens is 258 g/mol. The van der Waals surface area contributed by atoms with Crippen molar-refractivity contribution in [2.24, 2.45) is 0 Å². The summed E-state index contributed by atoms with van der Waals surface area (Å²) >= 11 is 0. The number of carbonyl (C=O) groups is 1. The van der Waals surface area contributed by atoms with E-state index in [9.17, 15) is 9.59 Å². The van der Waals surface area contributed by atoms with Gasteiger partial charge in [0, 0.05) is 18.2 Å². The van der Waals surface area contributed by atoms with E-state index in [1.54, 1.807) is 12.3 Å². The molecule has 0 spiro atoms. The zero-order chi connectivity index (χ0) is 14.7. The van der Waals surface area contributed by atoms with Crippen LogP contribution in [0.2, 0.25) is 0 Å². The van der Waals surface area contributed by atoms with Crippen molar-refractivity contribution < 1.29 is 14.6 Å². The molecule has 0 amide bonds. The highest BCUT2D eigenvalue weighted by atomic mass is 16.5. The Labute approximate surface area is 115 Å². The van der Waals surface area contributed by atoms with Crippen LogP contribution in [0.3, 0.4) is 0 Å². The SMILES string of the molecule is COc1cc(C(=O)O)ccc1Cc1cc(C)c[nH]c1=O. The van der Waals surface area contributed by atoms with Crippen LogP contribution >= 0.6 is 0 Å². The van der Waals surface area contributed by atoms with Crippen molar-refractivity contribution in [2.75, 3.05) is 7.11 Å². The number of benzene rings is 1. The second-order valence-electron chi connectivity index (χ2n) is 4.54. The maximum Gasteiger partial charge on any atom is 0.335 e. The van der Waals surface area contributed by atoms with Crippen LogP contribution in [0.25, 0.3) is 0 Å². The van der Waals surface area contributed by atoms with Crippen LogP contribution in [0.15, 0.2) is 35.3 Å². The molecule has 0 aliphatic carbocycles. The Morgan fingerprint density at radius 3 is 2.70 bits per heavy atom. The fraction of sp³-hybridized carbons (Fsp3) is 0.200. The van der Waals surface area contributed by atoms with Gasteiger partial charge in [0.15, 0.2) is 0 Å². The lowest BCUT2D eigenvalue weighted by molar-refractivity contribution is 0.0696. The van der Waals surface area contributed by atoms with E-state index in [4.69, 9.17) is 9.84 Å². The Hall–Kier alpha value is -2.56. The minimum atomic E-state index is -1.01. The van der Waals surface area contributed by atoms with Crippen molar-refractivity contribution in [2.45, 2.75) is 13.3 Å². The molecule has 5 nitrogen and oxygen atoms in total. The van der Waals surface area contributed by atoms with Gasteiger partial charge in [-0.3, -0.25) is 4.79 Å². The number of aromatic carboxylic acids is 1. The second kappa shape index (κ2) is 5.61. The highest BCUT2D eigenvalue weighted by Crippen LogP contribution is 2.22. The van der Waals surface area contributed by atoms with Crippen molar-refractivity contribution in [1.29, 1.82) is 0 Å². The molecule has 1 heterocycles. The minimum Gasteiger partial charge on any atom is -0.496 e. The van der Waals surface area contributed by atoms with Gasteiger partial charge in [-0.25, -0.2) is 4.79 Å². The van der Waals surface area contributed by atoms with Gasteiger partial charge in [-0.15, -0.1) is 0 Å². The van der Waals surface area contributed by atoms with Crippen LogP contribution in [0.5, 0.6) is 5.75 Å². The van der Waals surface area contributed by atoms with Gasteiger partial charge in [0.05, 0.1) is 12.7 Å². The fourth-order valence-corrected chi connectivity index (χ4v) is 2.01. The lowest BCUT2D eigenvalue weighted by atomic mass is 10.0. The highest BCUT2D eigenvalue weighted by Gasteiger charge is 2.11. The first-order valence-corrected chi connectivity index (χ1v) is 6.09. The monoisotopic (exact) mass is 273 g/mol. The zero-order valence-electron chi connectivity index (χ0n) is 11.3. The molecule has 104 valence electrons. The molecule has 2 N–H and O–H groups in total. The number of rotatable bonds is 4. The third-order valence-electron chi connectivity index (χ3n) is 3.04. The summed E-state index contributed by atoms with van der Waals surface area (Å²) in [5.41, 5.74) is 2.35. The molecule has 0 bridgehead atoms. The molecule has 0 saturated heterocycles. The quantitative estimate of drug-likeness (QED) is 0.892. The smallest absolute Gasteiger partial charge is 0.335 e. The largest absolute Gasteiger partial charge is 0.496 e. The maximum atomic E-state index is 11.8. The number of hydrogen-bond donors (Lipinski definition) is 2. The molecule has 0 radical (unpaired) electrons. The predicted molar refractivity (Wildman–Crippen MR) is 74.6 cm³/mol. The summed E-state index contributed by atoms with van der Waals surface area (Å²) in [6.07, 6.45) is 2.04. The fourth-order valence-electron chi connectivity index (χ4n) is 2.01. The molecule has 2 aromatic rings. The molecule has 0 aliphatic heterocycles. The van der Waals surface area contributed by atoms with Gasteiger partial charge in [-0.05, 0) is 36.2 Å². The van der Waals surface area contributed by atoms with E-state index in [-0.39, 0.29) is 11.1 Å². The summed E-state index contributed by atoms with van der Waals surface area (Å²) < 4.78 is 5.20. The van der Waals surface area contributed by atoms with Crippen LogP contribution < -0.4 is 10.3 Å². The van der Waals surface area contributed by atoms with E-state index >= 15 is 0 Å². The molecule has 0 aliphatic rings. The van der Waals surface area contributed by atoms with Crippen LogP contribution in [0, 0.1) is 6.92 Å². The van der Waals surface area contributed by atoms with E-state index in [0.29, 0.717) is 17.7 Å². The Morgan fingerprint density at radius 2 is 2.05 bits per heavy atom. The van der Waals surface area contributed by atoms with Gasteiger partial charge in [0.25, 0.3) is 5.56 Å². The van der Waals surface area contributed by atoms with Crippen LogP contribution in [0.1, 0.15) is 27.0 Å². The van der Waals surface area contributed by atoms with E-state index in [0.717, 1.165) is 11.1 Å². The Balaban J connectivity index is 2.40. The van der Waals surface area contributed by atoms with E-state index < -0.39 is 5.97 Å².